The van der Waals surface area contributed by atoms with Crippen LogP contribution in [0.4, 0.5) is 0 Å². The predicted octanol–water partition coefficient (Wildman–Crippen LogP) is 2.10. The Labute approximate surface area is 79.4 Å². The van der Waals surface area contributed by atoms with Crippen molar-refractivity contribution in [1.29, 1.82) is 0 Å². The van der Waals surface area contributed by atoms with Gasteiger partial charge in [-0.05, 0) is 20.3 Å². The number of ketones is 1. The smallest absolute Gasteiger partial charge is 0.167 e. The predicted molar refractivity (Wildman–Crippen MR) is 49.1 cm³/mol. The zero-order chi connectivity index (χ0) is 9.84. The fourth-order valence-corrected chi connectivity index (χ4v) is 1.68. The minimum absolute atomic E-state index is 0.0867. The summed E-state index contributed by atoms with van der Waals surface area (Å²) in [5.74, 6) is 0.462. The van der Waals surface area contributed by atoms with E-state index in [9.17, 15) is 4.79 Å². The monoisotopic (exact) mass is 186 g/mol. The van der Waals surface area contributed by atoms with Gasteiger partial charge >= 0.3 is 0 Å². The van der Waals surface area contributed by atoms with Crippen LogP contribution >= 0.6 is 0 Å². The molecule has 1 aliphatic heterocycles. The molecule has 1 atom stereocenters. The molecule has 0 aliphatic carbocycles. The largest absolute Gasteiger partial charge is 0.324 e. The fourth-order valence-electron chi connectivity index (χ4n) is 1.68. The van der Waals surface area contributed by atoms with Gasteiger partial charge in [-0.1, -0.05) is 13.3 Å². The lowest BCUT2D eigenvalue weighted by Crippen LogP contribution is -2.44. The van der Waals surface area contributed by atoms with E-state index in [1.807, 2.05) is 6.92 Å². The van der Waals surface area contributed by atoms with Gasteiger partial charge in [0, 0.05) is 12.3 Å². The molecule has 0 aromatic heterocycles. The number of ether oxygens (including phenoxy) is 2. The lowest BCUT2D eigenvalue weighted by Gasteiger charge is -2.38. The Kier molecular flexibility index (Phi) is 3.88. The molecule has 0 aromatic rings. The van der Waals surface area contributed by atoms with Crippen molar-refractivity contribution >= 4 is 5.78 Å². The van der Waals surface area contributed by atoms with Gasteiger partial charge in [0.05, 0.1) is 0 Å². The molecule has 3 heteroatoms. The Morgan fingerprint density at radius 1 is 1.46 bits per heavy atom. The molecule has 76 valence electrons. The molecule has 0 amide bonds. The Hall–Kier alpha value is -0.410. The topological polar surface area (TPSA) is 35.5 Å². The lowest BCUT2D eigenvalue weighted by molar-refractivity contribution is -0.392. The second-order valence-corrected chi connectivity index (χ2v) is 3.66. The molecule has 1 rings (SSSR count). The van der Waals surface area contributed by atoms with Crippen LogP contribution in [0.1, 0.15) is 40.0 Å². The normalized spacial score (nSPS) is 29.5. The van der Waals surface area contributed by atoms with Gasteiger partial charge < -0.3 is 14.3 Å². The summed E-state index contributed by atoms with van der Waals surface area (Å²) < 4.78 is 10.8. The molecule has 13 heavy (non-hydrogen) atoms. The Morgan fingerprint density at radius 3 is 2.46 bits per heavy atom. The Balaban J connectivity index is 2.33. The van der Waals surface area contributed by atoms with E-state index >= 15 is 0 Å². The van der Waals surface area contributed by atoms with Gasteiger partial charge in [0.25, 0.3) is 0 Å². The summed E-state index contributed by atoms with van der Waals surface area (Å²) in [5.41, 5.74) is 0. The fraction of sp³-hybridized carbons (Fsp3) is 0.900. The third kappa shape index (κ3) is 3.08. The van der Waals surface area contributed by atoms with Crippen molar-refractivity contribution in [2.45, 2.75) is 52.6 Å². The van der Waals surface area contributed by atoms with Gasteiger partial charge in [-0.2, -0.15) is 0 Å². The maximum Gasteiger partial charge on any atom is 0.167 e. The minimum Gasteiger partial charge on any atom is -0.324 e. The SMILES string of the molecule is CCCC(CC(C)=O)C1OC(C)O1. The number of hydrogen-bond donors (Lipinski definition) is 0. The van der Waals surface area contributed by atoms with E-state index in [-0.39, 0.29) is 24.3 Å². The molecule has 0 spiro atoms. The molecule has 1 heterocycles. The average Bonchev–Trinajstić information content (AvgIpc) is 1.97. The molecule has 0 N–H and O–H groups in total. The van der Waals surface area contributed by atoms with E-state index in [0.29, 0.717) is 6.42 Å². The standard InChI is InChI=1S/C10H18O3/c1-4-5-9(6-7(2)11)10-12-8(3)13-10/h8-10H,4-6H2,1-3H3. The van der Waals surface area contributed by atoms with Gasteiger partial charge in [-0.15, -0.1) is 0 Å². The molecule has 0 radical (unpaired) electrons. The second-order valence-electron chi connectivity index (χ2n) is 3.66. The molecule has 3 nitrogen and oxygen atoms in total. The van der Waals surface area contributed by atoms with Gasteiger partial charge in [-0.3, -0.25) is 0 Å². The first-order valence-corrected chi connectivity index (χ1v) is 4.93. The quantitative estimate of drug-likeness (QED) is 0.659. The summed E-state index contributed by atoms with van der Waals surface area (Å²) in [6.07, 6.45) is 2.41. The highest BCUT2D eigenvalue weighted by Crippen LogP contribution is 2.28. The summed E-state index contributed by atoms with van der Waals surface area (Å²) in [5, 5.41) is 0. The van der Waals surface area contributed by atoms with E-state index < -0.39 is 0 Å². The van der Waals surface area contributed by atoms with Crippen LogP contribution in [0.3, 0.4) is 0 Å². The number of carbonyl (C=O) groups excluding carboxylic acids is 1. The molecule has 0 bridgehead atoms. The van der Waals surface area contributed by atoms with Crippen LogP contribution < -0.4 is 0 Å². The van der Waals surface area contributed by atoms with Crippen molar-refractivity contribution in [3.63, 3.8) is 0 Å². The molecular weight excluding hydrogens is 168 g/mol. The first kappa shape index (κ1) is 10.7. The van der Waals surface area contributed by atoms with Crippen LogP contribution in [-0.2, 0) is 14.3 Å². The summed E-state index contributed by atoms with van der Waals surface area (Å²) in [7, 11) is 0. The molecule has 1 saturated heterocycles. The summed E-state index contributed by atoms with van der Waals surface area (Å²) in [6, 6.07) is 0. The highest BCUT2D eigenvalue weighted by Gasteiger charge is 2.34. The van der Waals surface area contributed by atoms with E-state index in [4.69, 9.17) is 9.47 Å². The first-order chi connectivity index (χ1) is 6.13. The number of carbonyl (C=O) groups is 1. The minimum atomic E-state index is -0.140. The van der Waals surface area contributed by atoms with Gasteiger partial charge in [0.2, 0.25) is 0 Å². The first-order valence-electron chi connectivity index (χ1n) is 4.93. The maximum atomic E-state index is 10.9. The summed E-state index contributed by atoms with van der Waals surface area (Å²) in [6.45, 7) is 5.59. The highest BCUT2D eigenvalue weighted by atomic mass is 16.9. The molecule has 0 aromatic carbocycles. The maximum absolute atomic E-state index is 10.9. The van der Waals surface area contributed by atoms with Gasteiger partial charge in [0.1, 0.15) is 5.78 Å². The third-order valence-corrected chi connectivity index (χ3v) is 2.25. The molecule has 1 unspecified atom stereocenters. The zero-order valence-corrected chi connectivity index (χ0v) is 8.58. The molecule has 1 aliphatic rings. The van der Waals surface area contributed by atoms with Crippen molar-refractivity contribution in [3.8, 4) is 0 Å². The summed E-state index contributed by atoms with van der Waals surface area (Å²) >= 11 is 0. The van der Waals surface area contributed by atoms with Gasteiger partial charge in [-0.25, -0.2) is 0 Å². The van der Waals surface area contributed by atoms with E-state index in [0.717, 1.165) is 12.8 Å². The van der Waals surface area contributed by atoms with Crippen LogP contribution in [0, 0.1) is 5.92 Å². The van der Waals surface area contributed by atoms with Crippen molar-refractivity contribution in [3.05, 3.63) is 0 Å². The van der Waals surface area contributed by atoms with E-state index in [1.165, 1.54) is 0 Å². The van der Waals surface area contributed by atoms with Crippen molar-refractivity contribution in [2.24, 2.45) is 5.92 Å². The van der Waals surface area contributed by atoms with E-state index in [1.54, 1.807) is 6.92 Å². The van der Waals surface area contributed by atoms with Crippen LogP contribution in [-0.4, -0.2) is 18.4 Å². The highest BCUT2D eigenvalue weighted by molar-refractivity contribution is 5.75. The van der Waals surface area contributed by atoms with Crippen LogP contribution in [0.15, 0.2) is 0 Å². The second kappa shape index (κ2) is 4.72. The molecular formula is C10H18O3. The molecule has 1 fully saturated rings. The van der Waals surface area contributed by atoms with Crippen molar-refractivity contribution < 1.29 is 14.3 Å². The van der Waals surface area contributed by atoms with Crippen molar-refractivity contribution in [1.82, 2.24) is 0 Å². The molecule has 0 saturated carbocycles. The average molecular weight is 186 g/mol. The van der Waals surface area contributed by atoms with Crippen molar-refractivity contribution in [2.75, 3.05) is 0 Å². The number of hydrogen-bond acceptors (Lipinski definition) is 3. The number of rotatable bonds is 5. The number of Topliss-reactive ketones (excluding diaryl/α,β-unsaturated/α-hetero) is 1. The lowest BCUT2D eigenvalue weighted by atomic mass is 9.96. The third-order valence-electron chi connectivity index (χ3n) is 2.25. The van der Waals surface area contributed by atoms with Gasteiger partial charge in [0.15, 0.2) is 12.6 Å². The van der Waals surface area contributed by atoms with E-state index in [2.05, 4.69) is 6.92 Å². The Morgan fingerprint density at radius 2 is 2.08 bits per heavy atom. The van der Waals surface area contributed by atoms with Crippen LogP contribution in [0.2, 0.25) is 0 Å². The van der Waals surface area contributed by atoms with Crippen LogP contribution in [0.25, 0.3) is 0 Å². The Bertz CT molecular complexity index is 173. The van der Waals surface area contributed by atoms with Crippen LogP contribution in [0.5, 0.6) is 0 Å². The zero-order valence-electron chi connectivity index (χ0n) is 8.58. The summed E-state index contributed by atoms with van der Waals surface area (Å²) in [4.78, 5) is 10.9.